The number of aryl methyl sites for hydroxylation is 2. The smallest absolute Gasteiger partial charge is 0.0468 e. The fourth-order valence-electron chi connectivity index (χ4n) is 7.60. The highest BCUT2D eigenvalue weighted by Crippen LogP contribution is 2.45. The first kappa shape index (κ1) is 29.0. The average Bonchev–Trinajstić information content (AvgIpc) is 3.13. The lowest BCUT2D eigenvalue weighted by atomic mass is 9.85. The zero-order valence-electron chi connectivity index (χ0n) is 27.7. The highest BCUT2D eigenvalue weighted by molar-refractivity contribution is 6.22. The molecule has 0 aliphatic rings. The summed E-state index contributed by atoms with van der Waals surface area (Å²) in [5, 5.41) is 10.0. The van der Waals surface area contributed by atoms with Crippen molar-refractivity contribution in [2.75, 3.05) is 4.90 Å². The van der Waals surface area contributed by atoms with E-state index in [0.29, 0.717) is 0 Å². The topological polar surface area (TPSA) is 3.24 Å². The van der Waals surface area contributed by atoms with Crippen LogP contribution in [0.5, 0.6) is 0 Å². The van der Waals surface area contributed by atoms with Crippen LogP contribution in [0.4, 0.5) is 17.1 Å². The van der Waals surface area contributed by atoms with Crippen molar-refractivity contribution in [1.29, 1.82) is 0 Å². The first-order valence-corrected chi connectivity index (χ1v) is 17.0. The van der Waals surface area contributed by atoms with E-state index in [1.165, 1.54) is 76.5 Å². The number of fused-ring (bicyclic) bond motifs is 4. The van der Waals surface area contributed by atoms with Gasteiger partial charge < -0.3 is 4.90 Å². The van der Waals surface area contributed by atoms with Gasteiger partial charge in [-0.1, -0.05) is 127 Å². The number of rotatable bonds is 5. The van der Waals surface area contributed by atoms with E-state index in [-0.39, 0.29) is 0 Å². The Morgan fingerprint density at radius 3 is 1.24 bits per heavy atom. The Morgan fingerprint density at radius 2 is 0.714 bits per heavy atom. The molecule has 0 aliphatic heterocycles. The van der Waals surface area contributed by atoms with Crippen molar-refractivity contribution in [1.82, 2.24) is 0 Å². The quantitative estimate of drug-likeness (QED) is 0.172. The molecular weight excluding hydrogens is 591 g/mol. The lowest BCUT2D eigenvalue weighted by Gasteiger charge is -2.26. The summed E-state index contributed by atoms with van der Waals surface area (Å²) in [5.74, 6) is 0. The zero-order chi connectivity index (χ0) is 32.9. The maximum Gasteiger partial charge on any atom is 0.0468 e. The maximum absolute atomic E-state index is 2.37. The van der Waals surface area contributed by atoms with Crippen LogP contribution in [0, 0.1) is 13.8 Å². The number of hydrogen-bond acceptors (Lipinski definition) is 1. The number of nitrogens with zero attached hydrogens (tertiary/aromatic N) is 1. The third kappa shape index (κ3) is 5.12. The van der Waals surface area contributed by atoms with Crippen LogP contribution in [0.25, 0.3) is 65.3 Å². The first-order valence-electron chi connectivity index (χ1n) is 17.0. The Morgan fingerprint density at radius 1 is 0.306 bits per heavy atom. The van der Waals surface area contributed by atoms with Crippen LogP contribution in [-0.4, -0.2) is 0 Å². The van der Waals surface area contributed by atoms with Gasteiger partial charge >= 0.3 is 0 Å². The number of hydrogen-bond donors (Lipinski definition) is 0. The fraction of sp³-hybridized carbons (Fsp3) is 0.0417. The molecule has 0 radical (unpaired) electrons. The van der Waals surface area contributed by atoms with E-state index in [2.05, 4.69) is 195 Å². The predicted molar refractivity (Wildman–Crippen MR) is 211 cm³/mol. The minimum Gasteiger partial charge on any atom is -0.310 e. The average molecular weight is 626 g/mol. The molecule has 0 unspecified atom stereocenters. The maximum atomic E-state index is 2.37. The molecule has 0 atom stereocenters. The van der Waals surface area contributed by atoms with Crippen LogP contribution in [-0.2, 0) is 0 Å². The fourth-order valence-corrected chi connectivity index (χ4v) is 7.60. The summed E-state index contributed by atoms with van der Waals surface area (Å²) in [5.41, 5.74) is 11.0. The summed E-state index contributed by atoms with van der Waals surface area (Å²) in [4.78, 5) is 2.36. The van der Waals surface area contributed by atoms with Gasteiger partial charge in [-0.25, -0.2) is 0 Å². The van der Waals surface area contributed by atoms with Crippen molar-refractivity contribution < 1.29 is 0 Å². The molecule has 232 valence electrons. The van der Waals surface area contributed by atoms with Crippen LogP contribution in [0.1, 0.15) is 11.1 Å². The van der Waals surface area contributed by atoms with Gasteiger partial charge in [-0.15, -0.1) is 0 Å². The first-order chi connectivity index (χ1) is 24.1. The van der Waals surface area contributed by atoms with E-state index in [0.717, 1.165) is 17.1 Å². The van der Waals surface area contributed by atoms with Crippen LogP contribution in [0.15, 0.2) is 176 Å². The second-order valence-electron chi connectivity index (χ2n) is 13.2. The molecular formula is C48H35N. The standard InChI is InChI=1S/C48H35N/c1-32-11-9-15-40(27-32)49(41-16-10-12-33(2)28-41)42-26-25-36-30-39(24-22-37(36)31-42)48-45-19-7-5-17-43(45)47(44-18-6-8-20-46(44)48)38-23-21-34-13-3-4-14-35(34)29-38/h3-31H,1-2H3. The summed E-state index contributed by atoms with van der Waals surface area (Å²) in [7, 11) is 0. The van der Waals surface area contributed by atoms with Gasteiger partial charge in [-0.3, -0.25) is 0 Å². The second-order valence-corrected chi connectivity index (χ2v) is 13.2. The van der Waals surface area contributed by atoms with Crippen LogP contribution in [0.2, 0.25) is 0 Å². The molecule has 9 aromatic carbocycles. The molecule has 49 heavy (non-hydrogen) atoms. The van der Waals surface area contributed by atoms with Crippen molar-refractivity contribution in [3.05, 3.63) is 187 Å². The molecule has 0 aromatic heterocycles. The summed E-state index contributed by atoms with van der Waals surface area (Å²) in [6.45, 7) is 4.31. The van der Waals surface area contributed by atoms with Crippen molar-refractivity contribution in [2.45, 2.75) is 13.8 Å². The summed E-state index contributed by atoms with van der Waals surface area (Å²) in [6, 6.07) is 64.6. The van der Waals surface area contributed by atoms with Gasteiger partial charge in [0.15, 0.2) is 0 Å². The molecule has 9 aromatic rings. The number of benzene rings is 9. The van der Waals surface area contributed by atoms with Crippen LogP contribution < -0.4 is 4.90 Å². The summed E-state index contributed by atoms with van der Waals surface area (Å²) < 4.78 is 0. The third-order valence-electron chi connectivity index (χ3n) is 9.86. The lowest BCUT2D eigenvalue weighted by Crippen LogP contribution is -2.10. The van der Waals surface area contributed by atoms with E-state index >= 15 is 0 Å². The van der Waals surface area contributed by atoms with Gasteiger partial charge in [0.2, 0.25) is 0 Å². The molecule has 1 heteroatoms. The van der Waals surface area contributed by atoms with Crippen molar-refractivity contribution in [3.63, 3.8) is 0 Å². The van der Waals surface area contributed by atoms with Crippen molar-refractivity contribution in [2.24, 2.45) is 0 Å². The van der Waals surface area contributed by atoms with Gasteiger partial charge in [0, 0.05) is 17.1 Å². The Kier molecular flexibility index (Phi) is 6.99. The lowest BCUT2D eigenvalue weighted by molar-refractivity contribution is 1.26. The number of anilines is 3. The Hall–Kier alpha value is -6.18. The second kappa shape index (κ2) is 11.8. The van der Waals surface area contributed by atoms with Gasteiger partial charge in [0.05, 0.1) is 0 Å². The van der Waals surface area contributed by atoms with E-state index in [1.807, 2.05) is 0 Å². The molecule has 1 nitrogen and oxygen atoms in total. The van der Waals surface area contributed by atoms with E-state index in [4.69, 9.17) is 0 Å². The van der Waals surface area contributed by atoms with Crippen molar-refractivity contribution in [3.8, 4) is 22.3 Å². The Labute approximate surface area is 287 Å². The molecule has 0 saturated carbocycles. The van der Waals surface area contributed by atoms with Crippen LogP contribution >= 0.6 is 0 Å². The molecule has 0 heterocycles. The van der Waals surface area contributed by atoms with E-state index < -0.39 is 0 Å². The molecule has 0 saturated heterocycles. The summed E-state index contributed by atoms with van der Waals surface area (Å²) >= 11 is 0. The molecule has 0 aliphatic carbocycles. The normalized spacial score (nSPS) is 11.5. The Bertz CT molecular complexity index is 2600. The van der Waals surface area contributed by atoms with Gasteiger partial charge in [-0.2, -0.15) is 0 Å². The highest BCUT2D eigenvalue weighted by Gasteiger charge is 2.18. The molecule has 0 bridgehead atoms. The molecule has 0 N–H and O–H groups in total. The van der Waals surface area contributed by atoms with Gasteiger partial charge in [0.25, 0.3) is 0 Å². The third-order valence-corrected chi connectivity index (χ3v) is 9.86. The molecule has 0 fully saturated rings. The Balaban J connectivity index is 1.22. The van der Waals surface area contributed by atoms with Gasteiger partial charge in [0.1, 0.15) is 0 Å². The zero-order valence-corrected chi connectivity index (χ0v) is 27.7. The largest absolute Gasteiger partial charge is 0.310 e. The molecule has 0 amide bonds. The van der Waals surface area contributed by atoms with E-state index in [9.17, 15) is 0 Å². The van der Waals surface area contributed by atoms with Crippen LogP contribution in [0.3, 0.4) is 0 Å². The predicted octanol–water partition coefficient (Wildman–Crippen LogP) is 13.7. The molecule has 9 rings (SSSR count). The minimum atomic E-state index is 1.15. The highest BCUT2D eigenvalue weighted by atomic mass is 15.1. The molecule has 0 spiro atoms. The monoisotopic (exact) mass is 625 g/mol. The SMILES string of the molecule is Cc1cccc(N(c2cccc(C)c2)c2ccc3cc(-c4c5ccccc5c(-c5ccc6ccccc6c5)c5ccccc45)ccc3c2)c1. The van der Waals surface area contributed by atoms with E-state index in [1.54, 1.807) is 0 Å². The van der Waals surface area contributed by atoms with Crippen molar-refractivity contribution >= 4 is 60.2 Å². The summed E-state index contributed by atoms with van der Waals surface area (Å²) in [6.07, 6.45) is 0. The van der Waals surface area contributed by atoms with Gasteiger partial charge in [-0.05, 0) is 139 Å². The minimum absolute atomic E-state index is 1.15.